The molecule has 1 aliphatic carbocycles. The molecule has 0 bridgehead atoms. The smallest absolute Gasteiger partial charge is 0.125 e. The first-order valence-corrected chi connectivity index (χ1v) is 9.74. The second-order valence-corrected chi connectivity index (χ2v) is 7.27. The van der Waals surface area contributed by atoms with E-state index in [0.29, 0.717) is 0 Å². The number of allylic oxidation sites excluding steroid dienone is 2. The number of hydrogen-bond donors (Lipinski definition) is 2. The molecule has 5 heteroatoms. The van der Waals surface area contributed by atoms with Crippen LogP contribution < -0.4 is 11.1 Å². The number of rotatable bonds is 8. The summed E-state index contributed by atoms with van der Waals surface area (Å²) in [6.07, 6.45) is 8.37. The van der Waals surface area contributed by atoms with Crippen molar-refractivity contribution in [2.24, 2.45) is 16.6 Å². The number of hydrogen-bond acceptors (Lipinski definition) is 5. The molecule has 3 rings (SSSR count). The molecule has 142 valence electrons. The average molecular weight is 364 g/mol. The molecule has 1 aliphatic rings. The summed E-state index contributed by atoms with van der Waals surface area (Å²) in [5.41, 5.74) is 11.7. The van der Waals surface area contributed by atoms with Gasteiger partial charge in [0.05, 0.1) is 5.69 Å². The maximum absolute atomic E-state index is 6.19. The van der Waals surface area contributed by atoms with Gasteiger partial charge in [0.15, 0.2) is 0 Å². The standard InChI is InChI=1S/C22H29N5/c1-4-5-19-12-20(10-11-24-19)27-16(3)22(15(2)23)18-8-9-21(26-14-18)25-13-17-6-7-17/h8-12,14,17H,4-7,13,23H2,1-3H3,(H,25,26). The Morgan fingerprint density at radius 3 is 2.67 bits per heavy atom. The number of aryl methyl sites for hydroxylation is 1. The fourth-order valence-electron chi connectivity index (χ4n) is 3.12. The number of aliphatic imine (C=N–C) groups is 1. The molecule has 0 aliphatic heterocycles. The van der Waals surface area contributed by atoms with Crippen molar-refractivity contribution in [3.63, 3.8) is 0 Å². The highest BCUT2D eigenvalue weighted by Gasteiger charge is 2.20. The first-order valence-electron chi connectivity index (χ1n) is 9.74. The van der Waals surface area contributed by atoms with E-state index < -0.39 is 0 Å². The maximum atomic E-state index is 6.19. The minimum atomic E-state index is 0.736. The van der Waals surface area contributed by atoms with Crippen LogP contribution in [0.1, 0.15) is 51.3 Å². The van der Waals surface area contributed by atoms with Gasteiger partial charge in [-0.1, -0.05) is 13.3 Å². The molecule has 1 fully saturated rings. The Bertz CT molecular complexity index is 828. The Balaban J connectivity index is 1.80. The number of anilines is 1. The van der Waals surface area contributed by atoms with Crippen LogP contribution in [0.3, 0.4) is 0 Å². The molecule has 0 unspecified atom stereocenters. The van der Waals surface area contributed by atoms with E-state index in [-0.39, 0.29) is 0 Å². The number of nitrogens with two attached hydrogens (primary N) is 1. The summed E-state index contributed by atoms with van der Waals surface area (Å²) in [6, 6.07) is 8.04. The second-order valence-electron chi connectivity index (χ2n) is 7.27. The van der Waals surface area contributed by atoms with Gasteiger partial charge in [-0.2, -0.15) is 0 Å². The summed E-state index contributed by atoms with van der Waals surface area (Å²) >= 11 is 0. The van der Waals surface area contributed by atoms with Gasteiger partial charge in [-0.05, 0) is 63.3 Å². The largest absolute Gasteiger partial charge is 0.402 e. The van der Waals surface area contributed by atoms with Gasteiger partial charge in [-0.25, -0.2) is 4.98 Å². The highest BCUT2D eigenvalue weighted by Crippen LogP contribution is 2.29. The third-order valence-corrected chi connectivity index (χ3v) is 4.68. The van der Waals surface area contributed by atoms with Crippen LogP contribution in [-0.4, -0.2) is 22.2 Å². The van der Waals surface area contributed by atoms with E-state index in [1.54, 1.807) is 0 Å². The summed E-state index contributed by atoms with van der Waals surface area (Å²) < 4.78 is 0. The highest BCUT2D eigenvalue weighted by atomic mass is 15.0. The van der Waals surface area contributed by atoms with Crippen LogP contribution in [0.15, 0.2) is 47.3 Å². The van der Waals surface area contributed by atoms with Crippen LogP contribution >= 0.6 is 0 Å². The lowest BCUT2D eigenvalue weighted by molar-refractivity contribution is 0.883. The van der Waals surface area contributed by atoms with E-state index in [0.717, 1.165) is 65.0 Å². The van der Waals surface area contributed by atoms with Crippen molar-refractivity contribution >= 4 is 22.8 Å². The predicted molar refractivity (Wildman–Crippen MR) is 113 cm³/mol. The second kappa shape index (κ2) is 8.80. The van der Waals surface area contributed by atoms with Gasteiger partial charge >= 0.3 is 0 Å². The number of pyridine rings is 2. The van der Waals surface area contributed by atoms with Gasteiger partial charge in [-0.15, -0.1) is 0 Å². The molecule has 0 aromatic carbocycles. The number of aromatic nitrogens is 2. The Labute approximate surface area is 161 Å². The summed E-state index contributed by atoms with van der Waals surface area (Å²) in [5, 5.41) is 3.39. The van der Waals surface area contributed by atoms with Crippen LogP contribution in [0.2, 0.25) is 0 Å². The van der Waals surface area contributed by atoms with Gasteiger partial charge in [-0.3, -0.25) is 9.98 Å². The van der Waals surface area contributed by atoms with Crippen LogP contribution in [0.4, 0.5) is 11.5 Å². The molecule has 0 spiro atoms. The molecule has 2 heterocycles. The van der Waals surface area contributed by atoms with Crippen molar-refractivity contribution in [3.8, 4) is 0 Å². The van der Waals surface area contributed by atoms with Crippen LogP contribution in [0.5, 0.6) is 0 Å². The third kappa shape index (κ3) is 5.39. The molecule has 1 saturated carbocycles. The number of nitrogens with zero attached hydrogens (tertiary/aromatic N) is 3. The summed E-state index contributed by atoms with van der Waals surface area (Å²) in [6.45, 7) is 7.05. The zero-order valence-corrected chi connectivity index (χ0v) is 16.5. The van der Waals surface area contributed by atoms with Gasteiger partial charge in [0.2, 0.25) is 0 Å². The molecule has 0 radical (unpaired) electrons. The first kappa shape index (κ1) is 19.1. The summed E-state index contributed by atoms with van der Waals surface area (Å²) in [5.74, 6) is 1.73. The molecule has 3 N–H and O–H groups in total. The minimum Gasteiger partial charge on any atom is -0.402 e. The summed E-state index contributed by atoms with van der Waals surface area (Å²) in [7, 11) is 0. The quantitative estimate of drug-likeness (QED) is 0.665. The van der Waals surface area contributed by atoms with E-state index in [4.69, 9.17) is 10.7 Å². The highest BCUT2D eigenvalue weighted by molar-refractivity contribution is 6.24. The Morgan fingerprint density at radius 2 is 2.04 bits per heavy atom. The van der Waals surface area contributed by atoms with Gasteiger partial charge in [0, 0.05) is 47.2 Å². The zero-order chi connectivity index (χ0) is 19.2. The molecule has 2 aromatic rings. The summed E-state index contributed by atoms with van der Waals surface area (Å²) in [4.78, 5) is 13.7. The molecule has 5 nitrogen and oxygen atoms in total. The van der Waals surface area contributed by atoms with Crippen LogP contribution in [-0.2, 0) is 6.42 Å². The van der Waals surface area contributed by atoms with Gasteiger partial charge in [0.1, 0.15) is 5.82 Å². The fraction of sp³-hybridized carbons (Fsp3) is 0.409. The normalized spacial score (nSPS) is 15.4. The molecule has 27 heavy (non-hydrogen) atoms. The lowest BCUT2D eigenvalue weighted by Crippen LogP contribution is -2.08. The Hall–Kier alpha value is -2.69. The van der Waals surface area contributed by atoms with E-state index in [1.807, 2.05) is 44.4 Å². The molecule has 0 amide bonds. The van der Waals surface area contributed by atoms with Crippen LogP contribution in [0.25, 0.3) is 5.57 Å². The number of nitrogens with one attached hydrogen (secondary N) is 1. The molecular weight excluding hydrogens is 334 g/mol. The SMILES string of the molecule is CCCc1cc(N=C(C)C(=C(C)N)c2ccc(NCC3CC3)nc2)ccn1. The lowest BCUT2D eigenvalue weighted by atomic mass is 10.0. The molecule has 0 atom stereocenters. The van der Waals surface area contributed by atoms with Crippen LogP contribution in [0, 0.1) is 5.92 Å². The van der Waals surface area contributed by atoms with E-state index >= 15 is 0 Å². The zero-order valence-electron chi connectivity index (χ0n) is 16.5. The van der Waals surface area contributed by atoms with Gasteiger partial charge < -0.3 is 11.1 Å². The molecule has 0 saturated heterocycles. The van der Waals surface area contributed by atoms with Crippen molar-refractivity contribution < 1.29 is 0 Å². The third-order valence-electron chi connectivity index (χ3n) is 4.68. The Morgan fingerprint density at radius 1 is 1.22 bits per heavy atom. The molecule has 2 aromatic heterocycles. The maximum Gasteiger partial charge on any atom is 0.125 e. The molecular formula is C22H29N5. The predicted octanol–water partition coefficient (Wildman–Crippen LogP) is 4.73. The van der Waals surface area contributed by atoms with Crippen molar-refractivity contribution in [2.45, 2.75) is 46.5 Å². The van der Waals surface area contributed by atoms with Gasteiger partial charge in [0.25, 0.3) is 0 Å². The average Bonchev–Trinajstić information content (AvgIpc) is 3.46. The minimum absolute atomic E-state index is 0.736. The monoisotopic (exact) mass is 363 g/mol. The van der Waals surface area contributed by atoms with Crippen molar-refractivity contribution in [3.05, 3.63) is 53.6 Å². The topological polar surface area (TPSA) is 76.2 Å². The Kier molecular flexibility index (Phi) is 6.22. The lowest BCUT2D eigenvalue weighted by Gasteiger charge is -2.12. The van der Waals surface area contributed by atoms with E-state index in [2.05, 4.69) is 28.3 Å². The fourth-order valence-corrected chi connectivity index (χ4v) is 3.12. The van der Waals surface area contributed by atoms with Crippen molar-refractivity contribution in [1.29, 1.82) is 0 Å². The first-order chi connectivity index (χ1) is 13.1. The van der Waals surface area contributed by atoms with Crippen molar-refractivity contribution in [2.75, 3.05) is 11.9 Å². The van der Waals surface area contributed by atoms with E-state index in [1.165, 1.54) is 12.8 Å². The van der Waals surface area contributed by atoms with Crippen molar-refractivity contribution in [1.82, 2.24) is 9.97 Å². The van der Waals surface area contributed by atoms with E-state index in [9.17, 15) is 0 Å².